The quantitative estimate of drug-likeness (QED) is 0.339. The lowest BCUT2D eigenvalue weighted by Gasteiger charge is -2.36. The van der Waals surface area contributed by atoms with Crippen LogP contribution in [0.4, 0.5) is 0 Å². The maximum Gasteiger partial charge on any atom is 0.243 e. The summed E-state index contributed by atoms with van der Waals surface area (Å²) in [6.45, 7) is 15.9. The molecule has 2 aromatic rings. The van der Waals surface area contributed by atoms with Crippen LogP contribution in [0.1, 0.15) is 98.9 Å². The third kappa shape index (κ3) is 10.7. The van der Waals surface area contributed by atoms with E-state index in [-0.39, 0.29) is 42.1 Å². The van der Waals surface area contributed by atoms with Crippen molar-refractivity contribution in [3.63, 3.8) is 0 Å². The molecule has 4 N–H and O–H groups in total. The number of nitrogens with one attached hydrogen (secondary N) is 4. The third-order valence-corrected chi connectivity index (χ3v) is 9.59. The molecular formula is C37H56N8O4. The van der Waals surface area contributed by atoms with E-state index in [2.05, 4.69) is 52.0 Å². The number of carbonyl (C=O) groups excluding carboxylic acids is 4. The van der Waals surface area contributed by atoms with Gasteiger partial charge in [0.1, 0.15) is 24.5 Å². The van der Waals surface area contributed by atoms with Gasteiger partial charge in [-0.3, -0.25) is 24.1 Å². The van der Waals surface area contributed by atoms with Gasteiger partial charge in [0.05, 0.1) is 12.6 Å². The Labute approximate surface area is 291 Å². The van der Waals surface area contributed by atoms with Gasteiger partial charge in [-0.1, -0.05) is 69.2 Å². The zero-order valence-corrected chi connectivity index (χ0v) is 30.4. The molecule has 0 saturated carbocycles. The average Bonchev–Trinajstić information content (AvgIpc) is 3.45. The van der Waals surface area contributed by atoms with Crippen molar-refractivity contribution in [1.29, 1.82) is 0 Å². The summed E-state index contributed by atoms with van der Waals surface area (Å²) in [7, 11) is 0. The fourth-order valence-electron chi connectivity index (χ4n) is 6.92. The normalized spacial score (nSPS) is 23.8. The van der Waals surface area contributed by atoms with Crippen molar-refractivity contribution < 1.29 is 19.2 Å². The van der Waals surface area contributed by atoms with E-state index < -0.39 is 24.0 Å². The summed E-state index contributed by atoms with van der Waals surface area (Å²) in [6, 6.07) is 7.18. The first-order chi connectivity index (χ1) is 23.2. The Morgan fingerprint density at radius 3 is 2.35 bits per heavy atom. The monoisotopic (exact) mass is 676 g/mol. The van der Waals surface area contributed by atoms with Gasteiger partial charge < -0.3 is 21.3 Å². The second-order valence-electron chi connectivity index (χ2n) is 14.8. The SMILES string of the molecule is CC1=C(CCN2CCCNC(=O)Cn3nc(-c4ccccc4)nc3[C@H](C)NC(=O)[C@@H](CC(C)C)NC(=O)[C@@H](C)NC(=O)C2)C(C)(C)CCC1. The summed E-state index contributed by atoms with van der Waals surface area (Å²) in [5.74, 6) is -0.316. The highest BCUT2D eigenvalue weighted by molar-refractivity contribution is 5.92. The fourth-order valence-corrected chi connectivity index (χ4v) is 6.92. The van der Waals surface area contributed by atoms with Crippen molar-refractivity contribution in [3.8, 4) is 11.4 Å². The highest BCUT2D eigenvalue weighted by Gasteiger charge is 2.30. The lowest BCUT2D eigenvalue weighted by atomic mass is 9.71. The average molecular weight is 677 g/mol. The Morgan fingerprint density at radius 2 is 1.65 bits per heavy atom. The van der Waals surface area contributed by atoms with Gasteiger partial charge in [0.2, 0.25) is 23.6 Å². The number of carbonyl (C=O) groups is 4. The van der Waals surface area contributed by atoms with Gasteiger partial charge in [0.15, 0.2) is 5.82 Å². The summed E-state index contributed by atoms with van der Waals surface area (Å²) < 4.78 is 1.53. The van der Waals surface area contributed by atoms with Gasteiger partial charge in [-0.2, -0.15) is 5.10 Å². The van der Waals surface area contributed by atoms with Crippen LogP contribution in [0.3, 0.4) is 0 Å². The third-order valence-electron chi connectivity index (χ3n) is 9.59. The first-order valence-corrected chi connectivity index (χ1v) is 17.8. The van der Waals surface area contributed by atoms with E-state index in [4.69, 9.17) is 4.98 Å². The van der Waals surface area contributed by atoms with Crippen LogP contribution >= 0.6 is 0 Å². The molecule has 12 nitrogen and oxygen atoms in total. The largest absolute Gasteiger partial charge is 0.354 e. The minimum atomic E-state index is -0.839. The second kappa shape index (κ2) is 17.0. The number of aromatic nitrogens is 3. The molecule has 1 aliphatic heterocycles. The Hall–Kier alpha value is -4.06. The first kappa shape index (κ1) is 37.8. The molecule has 2 heterocycles. The number of hydrogen-bond donors (Lipinski definition) is 4. The van der Waals surface area contributed by atoms with Crippen molar-refractivity contribution in [2.45, 2.75) is 112 Å². The number of nitrogens with zero attached hydrogens (tertiary/aromatic N) is 4. The Bertz CT molecular complexity index is 1500. The molecule has 12 heteroatoms. The summed E-state index contributed by atoms with van der Waals surface area (Å²) in [6.07, 6.45) is 5.34. The van der Waals surface area contributed by atoms with E-state index in [0.717, 1.165) is 24.8 Å². The Kier molecular flexibility index (Phi) is 13.1. The highest BCUT2D eigenvalue weighted by Crippen LogP contribution is 2.41. The molecular weight excluding hydrogens is 620 g/mol. The van der Waals surface area contributed by atoms with Gasteiger partial charge >= 0.3 is 0 Å². The first-order valence-electron chi connectivity index (χ1n) is 17.8. The van der Waals surface area contributed by atoms with Gasteiger partial charge in [-0.15, -0.1) is 0 Å². The van der Waals surface area contributed by atoms with Crippen molar-refractivity contribution in [1.82, 2.24) is 40.9 Å². The van der Waals surface area contributed by atoms with Gasteiger partial charge in [-0.25, -0.2) is 9.67 Å². The van der Waals surface area contributed by atoms with Crippen LogP contribution in [0.5, 0.6) is 0 Å². The molecule has 0 fully saturated rings. The molecule has 1 aromatic carbocycles. The molecule has 0 radical (unpaired) electrons. The highest BCUT2D eigenvalue weighted by atomic mass is 16.2. The number of amides is 4. The molecule has 4 amide bonds. The lowest BCUT2D eigenvalue weighted by molar-refractivity contribution is -0.132. The van der Waals surface area contributed by atoms with Crippen molar-refractivity contribution in [2.75, 3.05) is 26.2 Å². The standard InChI is InChI=1S/C37H56N8O4/c1-24(2)21-30-36(49)40-26(4)34-42-33(28-14-9-8-10-15-28)43-45(34)23-31(46)38-18-12-19-44(22-32(47)39-27(5)35(48)41-30)20-16-29-25(3)13-11-17-37(29,6)7/h8-10,14-15,24,26-27,30H,11-13,16-23H2,1-7H3,(H,38,46)(H,39,47)(H,40,49)(H,41,48)/t26-,27+,30+/m0/s1. The van der Waals surface area contributed by atoms with Crippen LogP contribution in [-0.2, 0) is 25.7 Å². The number of benzene rings is 1. The lowest BCUT2D eigenvalue weighted by Crippen LogP contribution is -2.54. The summed E-state index contributed by atoms with van der Waals surface area (Å²) in [4.78, 5) is 60.3. The van der Waals surface area contributed by atoms with Crippen LogP contribution in [0.2, 0.25) is 0 Å². The van der Waals surface area contributed by atoms with Gasteiger partial charge in [0.25, 0.3) is 0 Å². The second-order valence-corrected chi connectivity index (χ2v) is 14.8. The van der Waals surface area contributed by atoms with Crippen LogP contribution < -0.4 is 21.3 Å². The molecule has 1 aromatic heterocycles. The molecule has 0 bridgehead atoms. The predicted octanol–water partition coefficient (Wildman–Crippen LogP) is 3.90. The van der Waals surface area contributed by atoms with E-state index >= 15 is 0 Å². The van der Waals surface area contributed by atoms with Crippen LogP contribution in [0.25, 0.3) is 11.4 Å². The topological polar surface area (TPSA) is 150 Å². The van der Waals surface area contributed by atoms with E-state index in [1.165, 1.54) is 22.2 Å². The predicted molar refractivity (Wildman–Crippen MR) is 190 cm³/mol. The maximum atomic E-state index is 13.6. The van der Waals surface area contributed by atoms with Gasteiger partial charge in [-0.05, 0) is 70.6 Å². The zero-order chi connectivity index (χ0) is 35.7. The summed E-state index contributed by atoms with van der Waals surface area (Å²) in [5.41, 5.74) is 3.81. The maximum absolute atomic E-state index is 13.6. The number of allylic oxidation sites excluding steroid dienone is 1. The van der Waals surface area contributed by atoms with E-state index in [1.807, 2.05) is 44.2 Å². The molecule has 0 saturated heterocycles. The molecule has 3 atom stereocenters. The minimum Gasteiger partial charge on any atom is -0.354 e. The van der Waals surface area contributed by atoms with Crippen molar-refractivity contribution in [3.05, 3.63) is 47.3 Å². The molecule has 268 valence electrons. The Balaban J connectivity index is 1.58. The fraction of sp³-hybridized carbons (Fsp3) is 0.622. The van der Waals surface area contributed by atoms with E-state index in [1.54, 1.807) is 13.8 Å². The molecule has 0 unspecified atom stereocenters. The van der Waals surface area contributed by atoms with Crippen LogP contribution in [0.15, 0.2) is 41.5 Å². The van der Waals surface area contributed by atoms with Crippen molar-refractivity contribution in [2.24, 2.45) is 11.3 Å². The molecule has 0 spiro atoms. The molecule has 1 aliphatic carbocycles. The Morgan fingerprint density at radius 1 is 0.918 bits per heavy atom. The van der Waals surface area contributed by atoms with Gasteiger partial charge in [0, 0.05) is 25.2 Å². The molecule has 2 aliphatic rings. The van der Waals surface area contributed by atoms with E-state index in [0.29, 0.717) is 44.1 Å². The summed E-state index contributed by atoms with van der Waals surface area (Å²) >= 11 is 0. The van der Waals surface area contributed by atoms with Crippen LogP contribution in [0, 0.1) is 11.3 Å². The number of hydrogen-bond acceptors (Lipinski definition) is 7. The number of fused-ring (bicyclic) bond motifs is 1. The van der Waals surface area contributed by atoms with Crippen molar-refractivity contribution >= 4 is 23.6 Å². The van der Waals surface area contributed by atoms with E-state index in [9.17, 15) is 19.2 Å². The summed E-state index contributed by atoms with van der Waals surface area (Å²) in [5, 5.41) is 16.3. The minimum absolute atomic E-state index is 0.0757. The van der Waals surface area contributed by atoms with Crippen LogP contribution in [-0.4, -0.2) is 81.6 Å². The smallest absolute Gasteiger partial charge is 0.243 e. The zero-order valence-electron chi connectivity index (χ0n) is 30.4. The number of rotatable bonds is 6. The molecule has 49 heavy (non-hydrogen) atoms. The molecule has 4 rings (SSSR count).